The summed E-state index contributed by atoms with van der Waals surface area (Å²) >= 11 is 0. The quantitative estimate of drug-likeness (QED) is 0.717. The van der Waals surface area contributed by atoms with Crippen LogP contribution in [0.3, 0.4) is 0 Å². The van der Waals surface area contributed by atoms with Crippen molar-refractivity contribution < 1.29 is 9.53 Å². The van der Waals surface area contributed by atoms with E-state index in [1.54, 1.807) is 4.90 Å². The highest BCUT2D eigenvalue weighted by molar-refractivity contribution is 5.77. The number of carbonyl (C=O) groups excluding carboxylic acids is 1. The number of ether oxygens (including phenoxy) is 1. The first-order valence-corrected chi connectivity index (χ1v) is 7.09. The summed E-state index contributed by atoms with van der Waals surface area (Å²) in [4.78, 5) is 15.9. The molecule has 0 radical (unpaired) electrons. The molecule has 4 nitrogen and oxygen atoms in total. The minimum atomic E-state index is 0.0418. The van der Waals surface area contributed by atoms with Gasteiger partial charge in [-0.05, 0) is 0 Å². The summed E-state index contributed by atoms with van der Waals surface area (Å²) in [6.07, 6.45) is 1.00. The fraction of sp³-hybridized carbons (Fsp3) is 0.800. The van der Waals surface area contributed by atoms with Crippen molar-refractivity contribution in [1.29, 1.82) is 0 Å². The molecule has 1 aliphatic rings. The standard InChI is InChI=1S/C15H26N2O2/c1-5-6-7-8-17-9-10-19-14(12-17)11-16(4)15(18)13(2)3/h13-14H,5,8-12H2,1-4H3/t14-/m1/s1. The van der Waals surface area contributed by atoms with Gasteiger partial charge in [-0.3, -0.25) is 9.69 Å². The van der Waals surface area contributed by atoms with Crippen molar-refractivity contribution in [3.8, 4) is 11.8 Å². The third-order valence-electron chi connectivity index (χ3n) is 3.17. The Morgan fingerprint density at radius 3 is 2.84 bits per heavy atom. The van der Waals surface area contributed by atoms with E-state index in [4.69, 9.17) is 4.74 Å². The highest BCUT2D eigenvalue weighted by Crippen LogP contribution is 2.08. The maximum absolute atomic E-state index is 11.8. The van der Waals surface area contributed by atoms with Crippen LogP contribution in [0.4, 0.5) is 0 Å². The smallest absolute Gasteiger partial charge is 0.224 e. The number of likely N-dealkylation sites (N-methyl/N-ethyl adjacent to an activating group) is 1. The number of morpholine rings is 1. The van der Waals surface area contributed by atoms with Gasteiger partial charge in [0.1, 0.15) is 0 Å². The van der Waals surface area contributed by atoms with Crippen LogP contribution in [0, 0.1) is 17.8 Å². The normalized spacial score (nSPS) is 19.9. The van der Waals surface area contributed by atoms with E-state index in [1.807, 2.05) is 20.9 Å². The largest absolute Gasteiger partial charge is 0.374 e. The number of rotatable bonds is 4. The van der Waals surface area contributed by atoms with Gasteiger partial charge in [-0.1, -0.05) is 26.7 Å². The van der Waals surface area contributed by atoms with Crippen LogP contribution in [0.25, 0.3) is 0 Å². The van der Waals surface area contributed by atoms with Gasteiger partial charge in [-0.25, -0.2) is 0 Å². The lowest BCUT2D eigenvalue weighted by atomic mass is 10.2. The van der Waals surface area contributed by atoms with Crippen molar-refractivity contribution in [2.24, 2.45) is 5.92 Å². The number of carbonyl (C=O) groups is 1. The van der Waals surface area contributed by atoms with E-state index < -0.39 is 0 Å². The average Bonchev–Trinajstić information content (AvgIpc) is 2.38. The van der Waals surface area contributed by atoms with Crippen molar-refractivity contribution in [2.45, 2.75) is 33.3 Å². The monoisotopic (exact) mass is 266 g/mol. The van der Waals surface area contributed by atoms with Crippen LogP contribution < -0.4 is 0 Å². The molecule has 19 heavy (non-hydrogen) atoms. The molecule has 0 aromatic carbocycles. The summed E-state index contributed by atoms with van der Waals surface area (Å²) in [7, 11) is 1.85. The van der Waals surface area contributed by atoms with E-state index in [9.17, 15) is 4.79 Å². The van der Waals surface area contributed by atoms with Crippen molar-refractivity contribution in [2.75, 3.05) is 39.8 Å². The Morgan fingerprint density at radius 1 is 1.47 bits per heavy atom. The molecule has 4 heteroatoms. The minimum absolute atomic E-state index is 0.0418. The third kappa shape index (κ3) is 5.63. The first kappa shape index (κ1) is 16.0. The van der Waals surface area contributed by atoms with E-state index in [0.29, 0.717) is 6.54 Å². The zero-order chi connectivity index (χ0) is 14.3. The SMILES string of the molecule is CCC#CCN1CCO[C@H](CN(C)C(=O)C(C)C)C1. The average molecular weight is 266 g/mol. The summed E-state index contributed by atoms with van der Waals surface area (Å²) in [5, 5.41) is 0. The summed E-state index contributed by atoms with van der Waals surface area (Å²) in [6, 6.07) is 0. The van der Waals surface area contributed by atoms with Gasteiger partial charge in [0.15, 0.2) is 0 Å². The van der Waals surface area contributed by atoms with E-state index in [0.717, 1.165) is 32.7 Å². The lowest BCUT2D eigenvalue weighted by molar-refractivity contribution is -0.136. The van der Waals surface area contributed by atoms with Crippen LogP contribution in [0.5, 0.6) is 0 Å². The van der Waals surface area contributed by atoms with Gasteiger partial charge < -0.3 is 9.64 Å². The second kappa shape index (κ2) is 8.19. The first-order chi connectivity index (χ1) is 9.04. The molecule has 1 heterocycles. The highest BCUT2D eigenvalue weighted by atomic mass is 16.5. The number of nitrogens with zero attached hydrogens (tertiary/aromatic N) is 2. The Balaban J connectivity index is 2.40. The van der Waals surface area contributed by atoms with Crippen LogP contribution in [0.1, 0.15) is 27.2 Å². The fourth-order valence-electron chi connectivity index (χ4n) is 2.16. The van der Waals surface area contributed by atoms with Crippen LogP contribution in [-0.4, -0.2) is 61.6 Å². The molecule has 1 aliphatic heterocycles. The van der Waals surface area contributed by atoms with Gasteiger partial charge in [0, 0.05) is 39.0 Å². The predicted octanol–water partition coefficient (Wildman–Crippen LogP) is 1.21. The molecule has 0 spiro atoms. The third-order valence-corrected chi connectivity index (χ3v) is 3.17. The van der Waals surface area contributed by atoms with Crippen molar-refractivity contribution in [1.82, 2.24) is 9.80 Å². The van der Waals surface area contributed by atoms with Crippen LogP contribution in [0.2, 0.25) is 0 Å². The van der Waals surface area contributed by atoms with Gasteiger partial charge in [0.25, 0.3) is 0 Å². The van der Waals surface area contributed by atoms with Crippen molar-refractivity contribution in [3.63, 3.8) is 0 Å². The Morgan fingerprint density at radius 2 is 2.21 bits per heavy atom. The predicted molar refractivity (Wildman–Crippen MR) is 76.7 cm³/mol. The van der Waals surface area contributed by atoms with E-state index in [-0.39, 0.29) is 17.9 Å². The van der Waals surface area contributed by atoms with Crippen LogP contribution in [-0.2, 0) is 9.53 Å². The zero-order valence-electron chi connectivity index (χ0n) is 12.6. The molecule has 108 valence electrons. The lowest BCUT2D eigenvalue weighted by Crippen LogP contribution is -2.48. The Hall–Kier alpha value is -1.05. The summed E-state index contributed by atoms with van der Waals surface area (Å²) in [6.45, 7) is 9.87. The van der Waals surface area contributed by atoms with Gasteiger partial charge in [0.2, 0.25) is 5.91 Å². The Labute approximate surface area is 117 Å². The molecule has 0 saturated carbocycles. The summed E-state index contributed by atoms with van der Waals surface area (Å²) in [5.41, 5.74) is 0. The van der Waals surface area contributed by atoms with Gasteiger partial charge in [-0.2, -0.15) is 0 Å². The molecule has 0 aromatic rings. The molecule has 0 unspecified atom stereocenters. The van der Waals surface area contributed by atoms with Crippen LogP contribution >= 0.6 is 0 Å². The molecule has 0 aliphatic carbocycles. The van der Waals surface area contributed by atoms with E-state index >= 15 is 0 Å². The van der Waals surface area contributed by atoms with Crippen LogP contribution in [0.15, 0.2) is 0 Å². The van der Waals surface area contributed by atoms with E-state index in [1.165, 1.54) is 0 Å². The Bertz CT molecular complexity index is 344. The molecule has 0 bridgehead atoms. The summed E-state index contributed by atoms with van der Waals surface area (Å²) < 4.78 is 5.73. The molecule has 1 rings (SSSR count). The van der Waals surface area contributed by atoms with Crippen molar-refractivity contribution in [3.05, 3.63) is 0 Å². The zero-order valence-corrected chi connectivity index (χ0v) is 12.6. The molecule has 1 amide bonds. The molecular formula is C15H26N2O2. The second-order valence-corrected chi connectivity index (χ2v) is 5.31. The molecule has 0 aromatic heterocycles. The molecule has 1 fully saturated rings. The van der Waals surface area contributed by atoms with Gasteiger partial charge in [0.05, 0.1) is 19.3 Å². The van der Waals surface area contributed by atoms with Crippen molar-refractivity contribution >= 4 is 5.91 Å². The highest BCUT2D eigenvalue weighted by Gasteiger charge is 2.23. The maximum Gasteiger partial charge on any atom is 0.224 e. The number of hydrogen-bond acceptors (Lipinski definition) is 3. The van der Waals surface area contributed by atoms with Gasteiger partial charge >= 0.3 is 0 Å². The lowest BCUT2D eigenvalue weighted by Gasteiger charge is -2.34. The maximum atomic E-state index is 11.8. The Kier molecular flexibility index (Phi) is 6.90. The topological polar surface area (TPSA) is 32.8 Å². The summed E-state index contributed by atoms with van der Waals surface area (Å²) in [5.74, 6) is 6.46. The first-order valence-electron chi connectivity index (χ1n) is 7.09. The van der Waals surface area contributed by atoms with Gasteiger partial charge in [-0.15, -0.1) is 5.92 Å². The second-order valence-electron chi connectivity index (χ2n) is 5.31. The molecule has 1 atom stereocenters. The van der Waals surface area contributed by atoms with E-state index in [2.05, 4.69) is 23.7 Å². The number of amides is 1. The molecular weight excluding hydrogens is 240 g/mol. The molecule has 1 saturated heterocycles. The fourth-order valence-corrected chi connectivity index (χ4v) is 2.16. The number of hydrogen-bond donors (Lipinski definition) is 0. The molecule has 0 N–H and O–H groups in total. The minimum Gasteiger partial charge on any atom is -0.374 e.